The lowest BCUT2D eigenvalue weighted by Crippen LogP contribution is -2.53. The van der Waals surface area contributed by atoms with Crippen LogP contribution in [0.2, 0.25) is 0 Å². The van der Waals surface area contributed by atoms with Crippen LogP contribution < -0.4 is 0 Å². The van der Waals surface area contributed by atoms with Gasteiger partial charge in [0.1, 0.15) is 0 Å². The number of hydrogen-bond donors (Lipinski definition) is 2. The lowest BCUT2D eigenvalue weighted by molar-refractivity contribution is -0.138. The van der Waals surface area contributed by atoms with Crippen LogP contribution in [0.15, 0.2) is 0 Å². The normalized spacial score (nSPS) is 17.3. The summed E-state index contributed by atoms with van der Waals surface area (Å²) in [5.41, 5.74) is -1.45. The van der Waals surface area contributed by atoms with Crippen molar-refractivity contribution >= 4 is 0 Å². The first-order valence-corrected chi connectivity index (χ1v) is 4.85. The van der Waals surface area contributed by atoms with Crippen LogP contribution in [-0.4, -0.2) is 21.9 Å². The third-order valence-corrected chi connectivity index (χ3v) is 4.18. The maximum Gasteiger partial charge on any atom is 0.0648 e. The van der Waals surface area contributed by atoms with Crippen LogP contribution in [0, 0.1) is 10.8 Å². The van der Waals surface area contributed by atoms with Crippen molar-refractivity contribution in [2.24, 2.45) is 10.8 Å². The minimum Gasteiger partial charge on any atom is -0.393 e. The van der Waals surface area contributed by atoms with E-state index in [2.05, 4.69) is 0 Å². The van der Waals surface area contributed by atoms with E-state index in [9.17, 15) is 10.2 Å². The summed E-state index contributed by atoms with van der Waals surface area (Å²) in [7, 11) is 0. The summed E-state index contributed by atoms with van der Waals surface area (Å²) in [6.45, 7) is 13.3. The molecule has 1 atom stereocenters. The highest BCUT2D eigenvalue weighted by atomic mass is 16.3. The van der Waals surface area contributed by atoms with Crippen molar-refractivity contribution < 1.29 is 10.2 Å². The van der Waals surface area contributed by atoms with Crippen molar-refractivity contribution in [3.05, 3.63) is 0 Å². The summed E-state index contributed by atoms with van der Waals surface area (Å²) < 4.78 is 0. The molecular formula is C11H24O2. The summed E-state index contributed by atoms with van der Waals surface area (Å²) in [5.74, 6) is 0. The monoisotopic (exact) mass is 188 g/mol. The van der Waals surface area contributed by atoms with Crippen molar-refractivity contribution in [3.63, 3.8) is 0 Å². The fourth-order valence-corrected chi connectivity index (χ4v) is 1.31. The van der Waals surface area contributed by atoms with E-state index in [1.54, 1.807) is 20.8 Å². The van der Waals surface area contributed by atoms with E-state index in [4.69, 9.17) is 0 Å². The third kappa shape index (κ3) is 2.05. The van der Waals surface area contributed by atoms with Gasteiger partial charge in [-0.1, -0.05) is 27.7 Å². The number of rotatable bonds is 3. The quantitative estimate of drug-likeness (QED) is 0.712. The van der Waals surface area contributed by atoms with Crippen LogP contribution in [0.3, 0.4) is 0 Å². The zero-order valence-electron chi connectivity index (χ0n) is 9.97. The number of hydrogen-bond acceptors (Lipinski definition) is 2. The lowest BCUT2D eigenvalue weighted by Gasteiger charge is -2.50. The smallest absolute Gasteiger partial charge is 0.0648 e. The van der Waals surface area contributed by atoms with Gasteiger partial charge in [-0.2, -0.15) is 0 Å². The van der Waals surface area contributed by atoms with E-state index in [0.717, 1.165) is 0 Å². The molecule has 2 nitrogen and oxygen atoms in total. The molecule has 0 aromatic rings. The summed E-state index contributed by atoms with van der Waals surface area (Å²) in [5, 5.41) is 19.7. The predicted molar refractivity (Wildman–Crippen MR) is 55.5 cm³/mol. The van der Waals surface area contributed by atoms with Crippen molar-refractivity contribution in [2.75, 3.05) is 0 Å². The molecular weight excluding hydrogens is 164 g/mol. The second-order valence-corrected chi connectivity index (χ2v) is 5.58. The maximum absolute atomic E-state index is 10.0. The molecule has 0 heterocycles. The Morgan fingerprint density at radius 2 is 1.23 bits per heavy atom. The van der Waals surface area contributed by atoms with Gasteiger partial charge in [-0.15, -0.1) is 0 Å². The molecule has 13 heavy (non-hydrogen) atoms. The molecule has 2 heteroatoms. The zero-order valence-corrected chi connectivity index (χ0v) is 9.97. The summed E-state index contributed by atoms with van der Waals surface area (Å²) >= 11 is 0. The average Bonchev–Trinajstić information content (AvgIpc) is 1.84. The van der Waals surface area contributed by atoms with Gasteiger partial charge in [-0.25, -0.2) is 0 Å². The SMILES string of the molecule is CC(O)C(C)(C)C(C)(C)C(C)(C)O. The molecule has 0 saturated heterocycles. The van der Waals surface area contributed by atoms with Gasteiger partial charge >= 0.3 is 0 Å². The van der Waals surface area contributed by atoms with Gasteiger partial charge in [-0.3, -0.25) is 0 Å². The summed E-state index contributed by atoms with van der Waals surface area (Å²) in [4.78, 5) is 0. The summed E-state index contributed by atoms with van der Waals surface area (Å²) in [6.07, 6.45) is -0.436. The van der Waals surface area contributed by atoms with Gasteiger partial charge in [0.25, 0.3) is 0 Å². The Morgan fingerprint density at radius 1 is 0.923 bits per heavy atom. The van der Waals surface area contributed by atoms with Crippen LogP contribution in [0.1, 0.15) is 48.5 Å². The molecule has 0 spiro atoms. The van der Waals surface area contributed by atoms with Gasteiger partial charge in [0.05, 0.1) is 11.7 Å². The fraction of sp³-hybridized carbons (Fsp3) is 1.00. The molecule has 0 aromatic heterocycles. The molecule has 0 radical (unpaired) electrons. The van der Waals surface area contributed by atoms with Gasteiger partial charge in [0.15, 0.2) is 0 Å². The Bertz CT molecular complexity index is 173. The topological polar surface area (TPSA) is 40.5 Å². The molecule has 0 aliphatic rings. The predicted octanol–water partition coefficient (Wildman–Crippen LogP) is 2.19. The minimum absolute atomic E-state index is 0.314. The Hall–Kier alpha value is -0.0800. The van der Waals surface area contributed by atoms with Gasteiger partial charge in [-0.05, 0) is 26.2 Å². The first kappa shape index (κ1) is 12.9. The van der Waals surface area contributed by atoms with Crippen molar-refractivity contribution in [3.8, 4) is 0 Å². The fourth-order valence-electron chi connectivity index (χ4n) is 1.31. The molecule has 0 aliphatic heterocycles. The van der Waals surface area contributed by atoms with Crippen molar-refractivity contribution in [1.29, 1.82) is 0 Å². The molecule has 80 valence electrons. The standard InChI is InChI=1S/C11H24O2/c1-8(12)9(2,3)10(4,5)11(6,7)13/h8,12-13H,1-7H3. The first-order chi connectivity index (χ1) is 5.44. The van der Waals surface area contributed by atoms with E-state index < -0.39 is 11.7 Å². The van der Waals surface area contributed by atoms with Crippen LogP contribution in [0.5, 0.6) is 0 Å². The second-order valence-electron chi connectivity index (χ2n) is 5.58. The highest BCUT2D eigenvalue weighted by Crippen LogP contribution is 2.48. The van der Waals surface area contributed by atoms with Gasteiger partial charge in [0.2, 0.25) is 0 Å². The maximum atomic E-state index is 10.0. The van der Waals surface area contributed by atoms with Crippen LogP contribution in [0.4, 0.5) is 0 Å². The van der Waals surface area contributed by atoms with Gasteiger partial charge < -0.3 is 10.2 Å². The highest BCUT2D eigenvalue weighted by molar-refractivity contribution is 4.98. The van der Waals surface area contributed by atoms with Crippen molar-refractivity contribution in [2.45, 2.75) is 60.2 Å². The lowest BCUT2D eigenvalue weighted by atomic mass is 9.58. The Morgan fingerprint density at radius 3 is 1.31 bits per heavy atom. The summed E-state index contributed by atoms with van der Waals surface area (Å²) in [6, 6.07) is 0. The Kier molecular flexibility index (Phi) is 3.23. The Balaban J connectivity index is 5.04. The largest absolute Gasteiger partial charge is 0.393 e. The number of aliphatic hydroxyl groups is 2. The molecule has 2 N–H and O–H groups in total. The van der Waals surface area contributed by atoms with E-state index in [1.807, 2.05) is 27.7 Å². The van der Waals surface area contributed by atoms with Crippen molar-refractivity contribution in [1.82, 2.24) is 0 Å². The minimum atomic E-state index is -0.798. The first-order valence-electron chi connectivity index (χ1n) is 4.85. The molecule has 0 saturated carbocycles. The molecule has 0 fully saturated rings. The molecule has 1 unspecified atom stereocenters. The van der Waals surface area contributed by atoms with E-state index in [1.165, 1.54) is 0 Å². The highest BCUT2D eigenvalue weighted by Gasteiger charge is 2.49. The van der Waals surface area contributed by atoms with E-state index in [0.29, 0.717) is 0 Å². The molecule has 0 aromatic carbocycles. The average molecular weight is 188 g/mol. The molecule has 0 aliphatic carbocycles. The second kappa shape index (κ2) is 3.25. The zero-order chi connectivity index (χ0) is 11.1. The Labute approximate surface area is 82.0 Å². The molecule has 0 rings (SSSR count). The molecule has 0 bridgehead atoms. The van der Waals surface area contributed by atoms with Crippen LogP contribution in [-0.2, 0) is 0 Å². The van der Waals surface area contributed by atoms with E-state index >= 15 is 0 Å². The molecule has 0 amide bonds. The van der Waals surface area contributed by atoms with Gasteiger partial charge in [0, 0.05) is 5.41 Å². The van der Waals surface area contributed by atoms with Crippen LogP contribution >= 0.6 is 0 Å². The van der Waals surface area contributed by atoms with Crippen LogP contribution in [0.25, 0.3) is 0 Å². The number of aliphatic hydroxyl groups excluding tert-OH is 1. The third-order valence-electron chi connectivity index (χ3n) is 4.18. The van der Waals surface area contributed by atoms with E-state index in [-0.39, 0.29) is 10.8 Å².